The number of aliphatic hydroxyl groups is 1. The van der Waals surface area contributed by atoms with Gasteiger partial charge < -0.3 is 33.8 Å². The molecule has 0 amide bonds. The first-order valence-corrected chi connectivity index (χ1v) is 51.1. The van der Waals surface area contributed by atoms with Crippen molar-refractivity contribution in [1.82, 2.24) is 0 Å². The van der Waals surface area contributed by atoms with E-state index in [4.69, 9.17) is 37.0 Å². The minimum Gasteiger partial charge on any atom is -0.462 e. The average molecular weight is 1630 g/mol. The van der Waals surface area contributed by atoms with Gasteiger partial charge in [0, 0.05) is 25.7 Å². The Kier molecular flexibility index (Phi) is 82.6. The van der Waals surface area contributed by atoms with Crippen molar-refractivity contribution in [1.29, 1.82) is 0 Å². The standard InChI is InChI=1S/C93H182O17P2/c1-7-11-13-15-17-19-21-22-23-28-36-41-47-53-59-65-71-77-92(97)109-88(81-103-90(95)75-69-63-57-51-43-20-18-16-14-12-8-2)83-107-111(99,100)105-79-87(94)80-106-112(101,102)108-84-89(110-93(98)78-72-66-60-54-48-42-37-32-27-25-30-34-39-45-50-56-62-68-74-86(6)10-4)82-104-91(96)76-70-64-58-52-46-40-35-31-26-24-29-33-38-44-49-55-61-67-73-85(5)9-3/h85-89,94H,7-84H2,1-6H3,(H,99,100)(H,101,102)/t85?,86?,87-,88+,89+/m0/s1. The molecule has 0 bridgehead atoms. The van der Waals surface area contributed by atoms with E-state index in [1.54, 1.807) is 0 Å². The summed E-state index contributed by atoms with van der Waals surface area (Å²) in [6.07, 6.45) is 79.1. The number of ether oxygens (including phenoxy) is 4. The molecule has 0 aliphatic rings. The van der Waals surface area contributed by atoms with Gasteiger partial charge in [-0.25, -0.2) is 9.13 Å². The first kappa shape index (κ1) is 110. The molecular weight excluding hydrogens is 1450 g/mol. The number of esters is 4. The number of rotatable bonds is 92. The molecule has 112 heavy (non-hydrogen) atoms. The Morgan fingerprint density at radius 3 is 0.634 bits per heavy atom. The Hall–Kier alpha value is -1.94. The molecule has 0 heterocycles. The Labute approximate surface area is 689 Å². The molecule has 0 radical (unpaired) electrons. The van der Waals surface area contributed by atoms with Crippen molar-refractivity contribution in [2.75, 3.05) is 39.6 Å². The molecule has 7 atom stereocenters. The van der Waals surface area contributed by atoms with Crippen molar-refractivity contribution in [2.24, 2.45) is 11.8 Å². The van der Waals surface area contributed by atoms with Crippen LogP contribution in [0.3, 0.4) is 0 Å². The summed E-state index contributed by atoms with van der Waals surface area (Å²) < 4.78 is 69.1. The molecule has 0 aromatic rings. The third-order valence-electron chi connectivity index (χ3n) is 22.7. The second-order valence-electron chi connectivity index (χ2n) is 33.9. The fourth-order valence-electron chi connectivity index (χ4n) is 14.6. The summed E-state index contributed by atoms with van der Waals surface area (Å²) in [6, 6.07) is 0. The second kappa shape index (κ2) is 84.1. The zero-order chi connectivity index (χ0) is 82.0. The Morgan fingerprint density at radius 1 is 0.250 bits per heavy atom. The molecule has 0 aliphatic carbocycles. The van der Waals surface area contributed by atoms with Crippen molar-refractivity contribution < 1.29 is 80.2 Å². The maximum Gasteiger partial charge on any atom is 0.472 e. The molecule has 0 saturated carbocycles. The summed E-state index contributed by atoms with van der Waals surface area (Å²) >= 11 is 0. The van der Waals surface area contributed by atoms with Gasteiger partial charge in [-0.15, -0.1) is 0 Å². The number of carbonyl (C=O) groups excluding carboxylic acids is 4. The summed E-state index contributed by atoms with van der Waals surface area (Å²) in [5.74, 6) is -0.347. The third kappa shape index (κ3) is 83.1. The minimum atomic E-state index is -4.97. The number of hydrogen-bond donors (Lipinski definition) is 3. The topological polar surface area (TPSA) is 237 Å². The fourth-order valence-corrected chi connectivity index (χ4v) is 16.2. The number of unbranched alkanes of at least 4 members (excludes halogenated alkanes) is 60. The average Bonchev–Trinajstić information content (AvgIpc) is 0.895. The molecule has 0 saturated heterocycles. The smallest absolute Gasteiger partial charge is 0.462 e. The molecule has 19 heteroatoms. The van der Waals surface area contributed by atoms with Crippen LogP contribution in [0.15, 0.2) is 0 Å². The van der Waals surface area contributed by atoms with E-state index >= 15 is 0 Å². The number of phosphoric ester groups is 2. The van der Waals surface area contributed by atoms with Crippen LogP contribution in [0.5, 0.6) is 0 Å². The molecule has 0 spiro atoms. The molecule has 0 aromatic heterocycles. The third-order valence-corrected chi connectivity index (χ3v) is 24.6. The number of phosphoric acid groups is 2. The highest BCUT2D eigenvalue weighted by atomic mass is 31.2. The Balaban J connectivity index is 5.23. The SMILES string of the molecule is CCCCCCCCCCCCCCCCCCCC(=O)O[C@H](COC(=O)CCCCCCCCCCCCC)COP(=O)(O)OC[C@H](O)COP(=O)(O)OC[C@@H](COC(=O)CCCCCCCCCCCCCCCCCCCCC(C)CC)OC(=O)CCCCCCCCCCCCCCCCCCCCC(C)CC. The van der Waals surface area contributed by atoms with Gasteiger partial charge in [0.15, 0.2) is 12.2 Å². The summed E-state index contributed by atoms with van der Waals surface area (Å²) in [7, 11) is -9.94. The van der Waals surface area contributed by atoms with E-state index in [1.165, 1.54) is 321 Å². The van der Waals surface area contributed by atoms with Crippen LogP contribution in [0.1, 0.15) is 504 Å². The summed E-state index contributed by atoms with van der Waals surface area (Å²) in [5.41, 5.74) is 0. The Morgan fingerprint density at radius 2 is 0.429 bits per heavy atom. The van der Waals surface area contributed by atoms with Crippen molar-refractivity contribution >= 4 is 39.5 Å². The highest BCUT2D eigenvalue weighted by molar-refractivity contribution is 7.47. The monoisotopic (exact) mass is 1630 g/mol. The van der Waals surface area contributed by atoms with Crippen molar-refractivity contribution in [3.63, 3.8) is 0 Å². The lowest BCUT2D eigenvalue weighted by atomic mass is 9.99. The van der Waals surface area contributed by atoms with Crippen LogP contribution < -0.4 is 0 Å². The Bertz CT molecular complexity index is 2140. The first-order chi connectivity index (χ1) is 54.4. The largest absolute Gasteiger partial charge is 0.472 e. The predicted octanol–water partition coefficient (Wildman–Crippen LogP) is 29.0. The van der Waals surface area contributed by atoms with Crippen LogP contribution in [0.4, 0.5) is 0 Å². The molecule has 0 fully saturated rings. The lowest BCUT2D eigenvalue weighted by molar-refractivity contribution is -0.161. The number of hydrogen-bond acceptors (Lipinski definition) is 15. The molecular formula is C93H182O17P2. The summed E-state index contributed by atoms with van der Waals surface area (Å²) in [4.78, 5) is 73.5. The van der Waals surface area contributed by atoms with Gasteiger partial charge in [-0.1, -0.05) is 452 Å². The van der Waals surface area contributed by atoms with Crippen molar-refractivity contribution in [2.45, 2.75) is 522 Å². The van der Waals surface area contributed by atoms with Gasteiger partial charge in [-0.2, -0.15) is 0 Å². The zero-order valence-corrected chi connectivity index (χ0v) is 75.8. The van der Waals surface area contributed by atoms with Gasteiger partial charge in [-0.3, -0.25) is 37.3 Å². The minimum absolute atomic E-state index is 0.109. The fraction of sp³-hybridized carbons (Fsp3) is 0.957. The van der Waals surface area contributed by atoms with Gasteiger partial charge in [0.1, 0.15) is 19.3 Å². The van der Waals surface area contributed by atoms with Gasteiger partial charge in [0.25, 0.3) is 0 Å². The van der Waals surface area contributed by atoms with Crippen LogP contribution in [0.2, 0.25) is 0 Å². The van der Waals surface area contributed by atoms with E-state index < -0.39 is 97.5 Å². The second-order valence-corrected chi connectivity index (χ2v) is 36.8. The normalized spacial score (nSPS) is 14.2. The van der Waals surface area contributed by atoms with Crippen LogP contribution in [-0.2, 0) is 65.4 Å². The molecule has 0 aromatic carbocycles. The van der Waals surface area contributed by atoms with Gasteiger partial charge in [0.05, 0.1) is 26.4 Å². The summed E-state index contributed by atoms with van der Waals surface area (Å²) in [5, 5.41) is 10.7. The highest BCUT2D eigenvalue weighted by Gasteiger charge is 2.31. The predicted molar refractivity (Wildman–Crippen MR) is 465 cm³/mol. The van der Waals surface area contributed by atoms with Gasteiger partial charge in [-0.05, 0) is 37.5 Å². The molecule has 17 nitrogen and oxygen atoms in total. The lowest BCUT2D eigenvalue weighted by Gasteiger charge is -2.21. The van der Waals surface area contributed by atoms with Gasteiger partial charge in [0.2, 0.25) is 0 Å². The van der Waals surface area contributed by atoms with Crippen LogP contribution >= 0.6 is 15.6 Å². The molecule has 4 unspecified atom stereocenters. The van der Waals surface area contributed by atoms with Crippen LogP contribution in [0, 0.1) is 11.8 Å². The van der Waals surface area contributed by atoms with E-state index in [9.17, 15) is 43.2 Å². The maximum atomic E-state index is 13.2. The maximum absolute atomic E-state index is 13.2. The van der Waals surface area contributed by atoms with E-state index in [2.05, 4.69) is 41.5 Å². The van der Waals surface area contributed by atoms with E-state index in [1.807, 2.05) is 0 Å². The molecule has 666 valence electrons. The quantitative estimate of drug-likeness (QED) is 0.0222. The summed E-state index contributed by atoms with van der Waals surface area (Å²) in [6.45, 7) is 9.85. The van der Waals surface area contributed by atoms with Crippen molar-refractivity contribution in [3.8, 4) is 0 Å². The highest BCUT2D eigenvalue weighted by Crippen LogP contribution is 2.45. The molecule has 0 aliphatic heterocycles. The van der Waals surface area contributed by atoms with Gasteiger partial charge >= 0.3 is 39.5 Å². The first-order valence-electron chi connectivity index (χ1n) is 48.1. The zero-order valence-electron chi connectivity index (χ0n) is 74.0. The van der Waals surface area contributed by atoms with E-state index in [0.29, 0.717) is 25.7 Å². The molecule has 3 N–H and O–H groups in total. The molecule has 0 rings (SSSR count). The van der Waals surface area contributed by atoms with E-state index in [0.717, 1.165) is 102 Å². The van der Waals surface area contributed by atoms with Crippen molar-refractivity contribution in [3.05, 3.63) is 0 Å². The lowest BCUT2D eigenvalue weighted by Crippen LogP contribution is -2.30. The van der Waals surface area contributed by atoms with Crippen LogP contribution in [-0.4, -0.2) is 96.7 Å². The number of carbonyl (C=O) groups is 4. The van der Waals surface area contributed by atoms with E-state index in [-0.39, 0.29) is 25.7 Å². The number of aliphatic hydroxyl groups excluding tert-OH is 1. The van der Waals surface area contributed by atoms with Crippen LogP contribution in [0.25, 0.3) is 0 Å².